The molecule has 0 spiro atoms. The van der Waals surface area contributed by atoms with Gasteiger partial charge in [0.05, 0.1) is 11.7 Å². The molecule has 2 aromatic rings. The van der Waals surface area contributed by atoms with Crippen molar-refractivity contribution in [3.8, 4) is 0 Å². The van der Waals surface area contributed by atoms with Crippen molar-refractivity contribution >= 4 is 17.4 Å². The van der Waals surface area contributed by atoms with E-state index in [2.05, 4.69) is 19.7 Å². The molecule has 2 aliphatic rings. The van der Waals surface area contributed by atoms with Gasteiger partial charge >= 0.3 is 0 Å². The van der Waals surface area contributed by atoms with E-state index >= 15 is 0 Å². The average Bonchev–Trinajstić information content (AvgIpc) is 3.02. The monoisotopic (exact) mass is 319 g/mol. The van der Waals surface area contributed by atoms with Gasteiger partial charge in [0, 0.05) is 12.5 Å². The van der Waals surface area contributed by atoms with Crippen LogP contribution in [0.1, 0.15) is 71.6 Å². The standard InChI is InChI=1S/C14H17N5O2S/c1-2-9-11(22-18-16-9)14(20)19-7-3-4-10(19)12-15-13(21-17-12)8-5-6-8/h8,10H,2-7H2,1H3. The number of amides is 1. The highest BCUT2D eigenvalue weighted by molar-refractivity contribution is 7.08. The lowest BCUT2D eigenvalue weighted by molar-refractivity contribution is 0.0732. The fourth-order valence-corrected chi connectivity index (χ4v) is 3.60. The van der Waals surface area contributed by atoms with Gasteiger partial charge < -0.3 is 9.42 Å². The van der Waals surface area contributed by atoms with Gasteiger partial charge in [0.25, 0.3) is 5.91 Å². The van der Waals surface area contributed by atoms with Crippen LogP contribution in [0.25, 0.3) is 0 Å². The number of likely N-dealkylation sites (tertiary alicyclic amines) is 1. The molecule has 1 unspecified atom stereocenters. The molecule has 1 amide bonds. The molecular weight excluding hydrogens is 302 g/mol. The van der Waals surface area contributed by atoms with Crippen LogP contribution in [0.15, 0.2) is 4.52 Å². The first-order valence-corrected chi connectivity index (χ1v) is 8.51. The average molecular weight is 319 g/mol. The van der Waals surface area contributed by atoms with Gasteiger partial charge in [-0.2, -0.15) is 4.98 Å². The zero-order valence-corrected chi connectivity index (χ0v) is 13.2. The summed E-state index contributed by atoms with van der Waals surface area (Å²) in [5.41, 5.74) is 0.771. The molecule has 1 saturated heterocycles. The van der Waals surface area contributed by atoms with Crippen molar-refractivity contribution in [3.05, 3.63) is 22.3 Å². The highest BCUT2D eigenvalue weighted by Gasteiger charge is 2.37. The summed E-state index contributed by atoms with van der Waals surface area (Å²) in [4.78, 5) is 19.8. The third kappa shape index (κ3) is 2.31. The van der Waals surface area contributed by atoms with E-state index in [9.17, 15) is 4.79 Å². The summed E-state index contributed by atoms with van der Waals surface area (Å²) in [6.07, 6.45) is 4.80. The Bertz CT molecular complexity index is 693. The normalized spacial score (nSPS) is 21.5. The van der Waals surface area contributed by atoms with Crippen LogP contribution in [0.3, 0.4) is 0 Å². The third-order valence-electron chi connectivity index (χ3n) is 4.28. The Labute approximate surface area is 131 Å². The number of aryl methyl sites for hydroxylation is 1. The van der Waals surface area contributed by atoms with E-state index in [1.54, 1.807) is 0 Å². The highest BCUT2D eigenvalue weighted by Crippen LogP contribution is 2.40. The van der Waals surface area contributed by atoms with Crippen LogP contribution < -0.4 is 0 Å². The Hall–Kier alpha value is -1.83. The molecule has 2 aromatic heterocycles. The summed E-state index contributed by atoms with van der Waals surface area (Å²) in [5.74, 6) is 1.79. The Morgan fingerprint density at radius 2 is 2.27 bits per heavy atom. The maximum absolute atomic E-state index is 12.8. The van der Waals surface area contributed by atoms with Crippen molar-refractivity contribution in [2.75, 3.05) is 6.54 Å². The SMILES string of the molecule is CCc1nnsc1C(=O)N1CCCC1c1noc(C2CC2)n1. The highest BCUT2D eigenvalue weighted by atomic mass is 32.1. The Morgan fingerprint density at radius 1 is 1.41 bits per heavy atom. The molecule has 116 valence electrons. The van der Waals surface area contributed by atoms with Crippen molar-refractivity contribution in [1.82, 2.24) is 24.6 Å². The van der Waals surface area contributed by atoms with Crippen molar-refractivity contribution < 1.29 is 9.32 Å². The van der Waals surface area contributed by atoms with E-state index in [0.29, 0.717) is 23.0 Å². The Kier molecular flexibility index (Phi) is 3.40. The van der Waals surface area contributed by atoms with Crippen LogP contribution >= 0.6 is 11.5 Å². The minimum Gasteiger partial charge on any atom is -0.339 e. The number of hydrogen-bond acceptors (Lipinski definition) is 7. The lowest BCUT2D eigenvalue weighted by Crippen LogP contribution is -2.31. The van der Waals surface area contributed by atoms with E-state index in [1.165, 1.54) is 11.5 Å². The fraction of sp³-hybridized carbons (Fsp3) is 0.643. The molecule has 1 aliphatic carbocycles. The van der Waals surface area contributed by atoms with Crippen molar-refractivity contribution in [2.45, 2.75) is 51.0 Å². The van der Waals surface area contributed by atoms with E-state index in [4.69, 9.17) is 4.52 Å². The summed E-state index contributed by atoms with van der Waals surface area (Å²) in [6.45, 7) is 2.70. The number of carbonyl (C=O) groups is 1. The molecule has 1 atom stereocenters. The van der Waals surface area contributed by atoms with E-state index < -0.39 is 0 Å². The van der Waals surface area contributed by atoms with Crippen LogP contribution in [0.4, 0.5) is 0 Å². The smallest absolute Gasteiger partial charge is 0.268 e. The predicted octanol–water partition coefficient (Wildman–Crippen LogP) is 2.34. The molecule has 1 saturated carbocycles. The largest absolute Gasteiger partial charge is 0.339 e. The maximum atomic E-state index is 12.8. The molecule has 0 aromatic carbocycles. The summed E-state index contributed by atoms with van der Waals surface area (Å²) < 4.78 is 9.26. The third-order valence-corrected chi connectivity index (χ3v) is 5.04. The summed E-state index contributed by atoms with van der Waals surface area (Å²) >= 11 is 1.17. The van der Waals surface area contributed by atoms with E-state index in [1.807, 2.05) is 11.8 Å². The number of carbonyl (C=O) groups excluding carboxylic acids is 1. The number of rotatable bonds is 4. The zero-order chi connectivity index (χ0) is 15.1. The molecule has 4 rings (SSSR count). The molecule has 2 fully saturated rings. The number of hydrogen-bond donors (Lipinski definition) is 0. The molecule has 7 nitrogen and oxygen atoms in total. The van der Waals surface area contributed by atoms with Crippen molar-refractivity contribution in [3.63, 3.8) is 0 Å². The minimum absolute atomic E-state index is 0.00729. The van der Waals surface area contributed by atoms with Gasteiger partial charge in [0.15, 0.2) is 5.82 Å². The maximum Gasteiger partial charge on any atom is 0.268 e. The van der Waals surface area contributed by atoms with Crippen LogP contribution in [-0.2, 0) is 6.42 Å². The second-order valence-electron chi connectivity index (χ2n) is 5.82. The first-order chi connectivity index (χ1) is 10.8. The lowest BCUT2D eigenvalue weighted by Gasteiger charge is -2.21. The van der Waals surface area contributed by atoms with Crippen molar-refractivity contribution in [1.29, 1.82) is 0 Å². The van der Waals surface area contributed by atoms with Gasteiger partial charge in [-0.1, -0.05) is 16.6 Å². The fourth-order valence-electron chi connectivity index (χ4n) is 2.89. The molecule has 3 heterocycles. The number of nitrogens with zero attached hydrogens (tertiary/aromatic N) is 5. The first-order valence-electron chi connectivity index (χ1n) is 7.73. The van der Waals surface area contributed by atoms with Gasteiger partial charge in [0.1, 0.15) is 4.88 Å². The molecule has 0 N–H and O–H groups in total. The van der Waals surface area contributed by atoms with Gasteiger partial charge in [-0.3, -0.25) is 4.79 Å². The van der Waals surface area contributed by atoms with Gasteiger partial charge in [-0.05, 0) is 43.6 Å². The van der Waals surface area contributed by atoms with Crippen LogP contribution in [0.2, 0.25) is 0 Å². The van der Waals surface area contributed by atoms with Crippen LogP contribution in [0, 0.1) is 0 Å². The second-order valence-corrected chi connectivity index (χ2v) is 6.58. The van der Waals surface area contributed by atoms with Crippen LogP contribution in [0.5, 0.6) is 0 Å². The van der Waals surface area contributed by atoms with E-state index in [-0.39, 0.29) is 11.9 Å². The topological polar surface area (TPSA) is 85.0 Å². The molecule has 1 aliphatic heterocycles. The van der Waals surface area contributed by atoms with Crippen LogP contribution in [-0.4, -0.2) is 37.1 Å². The Morgan fingerprint density at radius 3 is 3.05 bits per heavy atom. The predicted molar refractivity (Wildman–Crippen MR) is 78.6 cm³/mol. The minimum atomic E-state index is -0.0874. The van der Waals surface area contributed by atoms with Gasteiger partial charge in [-0.25, -0.2) is 0 Å². The number of aromatic nitrogens is 4. The van der Waals surface area contributed by atoms with E-state index in [0.717, 1.165) is 43.8 Å². The summed E-state index contributed by atoms with van der Waals surface area (Å²) in [5, 5.41) is 8.14. The molecular formula is C14H17N5O2S. The Balaban J connectivity index is 1.58. The lowest BCUT2D eigenvalue weighted by atomic mass is 10.2. The molecule has 0 bridgehead atoms. The molecule has 8 heteroatoms. The van der Waals surface area contributed by atoms with Gasteiger partial charge in [-0.15, -0.1) is 5.10 Å². The zero-order valence-electron chi connectivity index (χ0n) is 12.4. The molecule has 0 radical (unpaired) electrons. The van der Waals surface area contributed by atoms with Gasteiger partial charge in [0.2, 0.25) is 5.89 Å². The second kappa shape index (κ2) is 5.42. The quantitative estimate of drug-likeness (QED) is 0.860. The summed E-state index contributed by atoms with van der Waals surface area (Å²) in [6, 6.07) is -0.0874. The molecule has 22 heavy (non-hydrogen) atoms. The van der Waals surface area contributed by atoms with Crippen molar-refractivity contribution in [2.24, 2.45) is 0 Å². The first kappa shape index (κ1) is 13.8. The summed E-state index contributed by atoms with van der Waals surface area (Å²) in [7, 11) is 0.